The van der Waals surface area contributed by atoms with Crippen LogP contribution in [0.4, 0.5) is 5.69 Å². The third-order valence-electron chi connectivity index (χ3n) is 3.44. The molecule has 2 aromatic carbocycles. The second-order valence-corrected chi connectivity index (χ2v) is 7.78. The van der Waals surface area contributed by atoms with Crippen molar-refractivity contribution in [3.05, 3.63) is 67.1 Å². The van der Waals surface area contributed by atoms with Gasteiger partial charge in [0.1, 0.15) is 0 Å². The van der Waals surface area contributed by atoms with Crippen LogP contribution in [0.2, 0.25) is 0 Å². The SMILES string of the molecule is Cc1cc(Br)ccc1NS(=O)(=O)c1ccc2[nH]c(=O)c(=O)[nH]c2c1. The van der Waals surface area contributed by atoms with E-state index in [2.05, 4.69) is 30.6 Å². The smallest absolute Gasteiger partial charge is 0.314 e. The maximum Gasteiger partial charge on any atom is 0.314 e. The zero-order valence-corrected chi connectivity index (χ0v) is 14.8. The molecule has 9 heteroatoms. The Labute approximate surface area is 144 Å². The fraction of sp³-hybridized carbons (Fsp3) is 0.0667. The van der Waals surface area contributed by atoms with Crippen LogP contribution in [0, 0.1) is 6.92 Å². The van der Waals surface area contributed by atoms with Gasteiger partial charge in [-0.25, -0.2) is 8.42 Å². The number of nitrogens with one attached hydrogen (secondary N) is 3. The Morgan fingerprint density at radius 2 is 1.62 bits per heavy atom. The van der Waals surface area contributed by atoms with Gasteiger partial charge in [-0.3, -0.25) is 14.3 Å². The van der Waals surface area contributed by atoms with Crippen LogP contribution in [-0.4, -0.2) is 18.4 Å². The van der Waals surface area contributed by atoms with E-state index >= 15 is 0 Å². The zero-order valence-electron chi connectivity index (χ0n) is 12.4. The van der Waals surface area contributed by atoms with E-state index in [-0.39, 0.29) is 10.4 Å². The number of sulfonamides is 1. The molecule has 0 aliphatic carbocycles. The largest absolute Gasteiger partial charge is 0.316 e. The summed E-state index contributed by atoms with van der Waals surface area (Å²) in [7, 11) is -3.84. The molecule has 7 nitrogen and oxygen atoms in total. The summed E-state index contributed by atoms with van der Waals surface area (Å²) in [5.74, 6) is 0. The summed E-state index contributed by atoms with van der Waals surface area (Å²) in [5, 5.41) is 0. The lowest BCUT2D eigenvalue weighted by Gasteiger charge is -2.11. The van der Waals surface area contributed by atoms with E-state index in [9.17, 15) is 18.0 Å². The number of fused-ring (bicyclic) bond motifs is 1. The Balaban J connectivity index is 2.06. The number of anilines is 1. The van der Waals surface area contributed by atoms with Gasteiger partial charge in [0.15, 0.2) is 0 Å². The average Bonchev–Trinajstić information content (AvgIpc) is 2.51. The molecule has 0 fully saturated rings. The summed E-state index contributed by atoms with van der Waals surface area (Å²) in [4.78, 5) is 27.4. The van der Waals surface area contributed by atoms with Crippen molar-refractivity contribution in [3.63, 3.8) is 0 Å². The topological polar surface area (TPSA) is 112 Å². The highest BCUT2D eigenvalue weighted by atomic mass is 79.9. The number of hydrogen-bond donors (Lipinski definition) is 3. The maximum atomic E-state index is 12.5. The molecule has 3 N–H and O–H groups in total. The van der Waals surface area contributed by atoms with Crippen molar-refractivity contribution in [3.8, 4) is 0 Å². The van der Waals surface area contributed by atoms with Crippen LogP contribution in [0.3, 0.4) is 0 Å². The zero-order chi connectivity index (χ0) is 17.5. The number of H-pyrrole nitrogens is 2. The normalized spacial score (nSPS) is 11.6. The Hall–Kier alpha value is -2.39. The fourth-order valence-electron chi connectivity index (χ4n) is 2.21. The van der Waals surface area contributed by atoms with Crippen molar-refractivity contribution in [2.45, 2.75) is 11.8 Å². The van der Waals surface area contributed by atoms with Crippen molar-refractivity contribution in [1.29, 1.82) is 0 Å². The molecule has 0 saturated heterocycles. The lowest BCUT2D eigenvalue weighted by molar-refractivity contribution is 0.601. The van der Waals surface area contributed by atoms with Gasteiger partial charge in [0.05, 0.1) is 21.6 Å². The Bertz CT molecular complexity index is 1170. The minimum absolute atomic E-state index is 0.0278. The van der Waals surface area contributed by atoms with Gasteiger partial charge in [0.2, 0.25) is 0 Å². The van der Waals surface area contributed by atoms with E-state index in [0.717, 1.165) is 10.0 Å². The Morgan fingerprint density at radius 3 is 2.29 bits per heavy atom. The van der Waals surface area contributed by atoms with E-state index in [1.807, 2.05) is 0 Å². The first-order chi connectivity index (χ1) is 11.3. The molecule has 1 heterocycles. The number of rotatable bonds is 3. The first-order valence-corrected chi connectivity index (χ1v) is 9.09. The van der Waals surface area contributed by atoms with Crippen LogP contribution in [0.15, 0.2) is 55.4 Å². The van der Waals surface area contributed by atoms with Crippen molar-refractivity contribution in [1.82, 2.24) is 9.97 Å². The Morgan fingerprint density at radius 1 is 0.958 bits per heavy atom. The first-order valence-electron chi connectivity index (χ1n) is 6.81. The lowest BCUT2D eigenvalue weighted by atomic mass is 10.2. The van der Waals surface area contributed by atoms with Gasteiger partial charge in [-0.15, -0.1) is 0 Å². The van der Waals surface area contributed by atoms with E-state index in [0.29, 0.717) is 11.2 Å². The van der Waals surface area contributed by atoms with Crippen molar-refractivity contribution in [2.24, 2.45) is 0 Å². The predicted molar refractivity (Wildman–Crippen MR) is 94.9 cm³/mol. The summed E-state index contributed by atoms with van der Waals surface area (Å²) in [6.07, 6.45) is 0. The molecule has 0 atom stereocenters. The van der Waals surface area contributed by atoms with Gasteiger partial charge < -0.3 is 9.97 Å². The molecule has 0 spiro atoms. The van der Waals surface area contributed by atoms with Gasteiger partial charge in [-0.2, -0.15) is 0 Å². The van der Waals surface area contributed by atoms with Crippen LogP contribution >= 0.6 is 15.9 Å². The van der Waals surface area contributed by atoms with Crippen LogP contribution in [0.25, 0.3) is 11.0 Å². The standard InChI is InChI=1S/C15H12BrN3O4S/c1-8-6-9(16)2-4-11(8)19-24(22,23)10-3-5-12-13(7-10)18-15(21)14(20)17-12/h2-7,19H,1H3,(H,17,20)(H,18,21). The fourth-order valence-corrected chi connectivity index (χ4v) is 3.84. The van der Waals surface area contributed by atoms with E-state index < -0.39 is 21.1 Å². The molecule has 124 valence electrons. The van der Waals surface area contributed by atoms with Crippen LogP contribution < -0.4 is 15.8 Å². The third kappa shape index (κ3) is 3.13. The summed E-state index contributed by atoms with van der Waals surface area (Å²) in [5.41, 5.74) is 0.156. The molecule has 24 heavy (non-hydrogen) atoms. The summed E-state index contributed by atoms with van der Waals surface area (Å²) >= 11 is 3.32. The van der Waals surface area contributed by atoms with Crippen LogP contribution in [0.1, 0.15) is 5.56 Å². The molecule has 0 amide bonds. The summed E-state index contributed by atoms with van der Waals surface area (Å²) in [6, 6.07) is 9.25. The first kappa shape index (κ1) is 16.5. The number of benzene rings is 2. The molecule has 0 aliphatic rings. The van der Waals surface area contributed by atoms with Crippen LogP contribution in [-0.2, 0) is 10.0 Å². The molecule has 0 saturated carbocycles. The van der Waals surface area contributed by atoms with Crippen molar-refractivity contribution < 1.29 is 8.42 Å². The highest BCUT2D eigenvalue weighted by molar-refractivity contribution is 9.10. The number of aromatic amines is 2. The van der Waals surface area contributed by atoms with Crippen molar-refractivity contribution >= 4 is 42.7 Å². The third-order valence-corrected chi connectivity index (χ3v) is 5.29. The molecule has 1 aromatic heterocycles. The highest BCUT2D eigenvalue weighted by Crippen LogP contribution is 2.23. The minimum Gasteiger partial charge on any atom is -0.316 e. The second-order valence-electron chi connectivity index (χ2n) is 5.18. The molecule has 0 radical (unpaired) electrons. The summed E-state index contributed by atoms with van der Waals surface area (Å²) < 4.78 is 28.4. The molecular weight excluding hydrogens is 398 g/mol. The quantitative estimate of drug-likeness (QED) is 0.574. The number of halogens is 1. The Kier molecular flexibility index (Phi) is 4.06. The maximum absolute atomic E-state index is 12.5. The van der Waals surface area contributed by atoms with Gasteiger partial charge >= 0.3 is 11.1 Å². The molecular formula is C15H12BrN3O4S. The molecule has 0 bridgehead atoms. The number of aromatic nitrogens is 2. The lowest BCUT2D eigenvalue weighted by Crippen LogP contribution is -2.29. The highest BCUT2D eigenvalue weighted by Gasteiger charge is 2.16. The molecule has 3 aromatic rings. The van der Waals surface area contributed by atoms with Gasteiger partial charge in [-0.1, -0.05) is 15.9 Å². The summed E-state index contributed by atoms with van der Waals surface area (Å²) in [6.45, 7) is 1.78. The predicted octanol–water partition coefficient (Wildman–Crippen LogP) is 2.09. The molecule has 3 rings (SSSR count). The van der Waals surface area contributed by atoms with Crippen molar-refractivity contribution in [2.75, 3.05) is 4.72 Å². The van der Waals surface area contributed by atoms with Gasteiger partial charge in [0, 0.05) is 4.47 Å². The molecule has 0 aliphatic heterocycles. The van der Waals surface area contributed by atoms with Gasteiger partial charge in [-0.05, 0) is 48.9 Å². The molecule has 0 unspecified atom stereocenters. The minimum atomic E-state index is -3.84. The van der Waals surface area contributed by atoms with Gasteiger partial charge in [0.25, 0.3) is 10.0 Å². The van der Waals surface area contributed by atoms with E-state index in [1.165, 1.54) is 18.2 Å². The number of aryl methyl sites for hydroxylation is 1. The number of hydrogen-bond acceptors (Lipinski definition) is 4. The average molecular weight is 410 g/mol. The van der Waals surface area contributed by atoms with E-state index in [4.69, 9.17) is 0 Å². The van der Waals surface area contributed by atoms with Crippen LogP contribution in [0.5, 0.6) is 0 Å². The van der Waals surface area contributed by atoms with E-state index in [1.54, 1.807) is 25.1 Å². The monoisotopic (exact) mass is 409 g/mol. The second kappa shape index (κ2) is 5.91.